The molecule has 0 bridgehead atoms. The predicted octanol–water partition coefficient (Wildman–Crippen LogP) is 2.70. The van der Waals surface area contributed by atoms with E-state index in [9.17, 15) is 4.79 Å². The van der Waals surface area contributed by atoms with Gasteiger partial charge in [0.1, 0.15) is 5.56 Å². The van der Waals surface area contributed by atoms with Crippen LogP contribution in [-0.2, 0) is 13.0 Å². The molecule has 0 radical (unpaired) electrons. The molecule has 1 aromatic carbocycles. The van der Waals surface area contributed by atoms with Gasteiger partial charge in [0.2, 0.25) is 5.88 Å². The zero-order valence-electron chi connectivity index (χ0n) is 14.7. The molecule has 0 unspecified atom stereocenters. The van der Waals surface area contributed by atoms with Gasteiger partial charge in [0, 0.05) is 19.3 Å². The summed E-state index contributed by atoms with van der Waals surface area (Å²) in [5, 5.41) is 0. The Bertz CT molecular complexity index is 776. The molecule has 2 heterocycles. The molecule has 2 aromatic rings. The molecule has 0 spiro atoms. The molecule has 0 atom stereocenters. The lowest BCUT2D eigenvalue weighted by Gasteiger charge is -2.30. The number of hydrogen-bond acceptors (Lipinski definition) is 5. The molecule has 1 aliphatic rings. The summed E-state index contributed by atoms with van der Waals surface area (Å²) in [6, 6.07) is 7.44. The highest BCUT2D eigenvalue weighted by Gasteiger charge is 2.25. The Morgan fingerprint density at radius 2 is 1.92 bits per heavy atom. The van der Waals surface area contributed by atoms with Crippen molar-refractivity contribution in [1.82, 2.24) is 9.88 Å². The molecule has 132 valence electrons. The van der Waals surface area contributed by atoms with Gasteiger partial charge >= 0.3 is 0 Å². The fourth-order valence-corrected chi connectivity index (χ4v) is 3.03. The third-order valence-corrected chi connectivity index (χ3v) is 4.29. The molecule has 0 aliphatic carbocycles. The van der Waals surface area contributed by atoms with Crippen molar-refractivity contribution in [2.45, 2.75) is 19.9 Å². The molecule has 6 heteroatoms. The number of carbonyl (C=O) groups excluding carboxylic acids is 1. The number of benzene rings is 1. The van der Waals surface area contributed by atoms with E-state index < -0.39 is 0 Å². The molecule has 0 N–H and O–H groups in total. The number of amides is 1. The number of rotatable bonds is 5. The number of methoxy groups -OCH3 is 2. The van der Waals surface area contributed by atoms with Crippen LogP contribution in [0.2, 0.25) is 0 Å². The summed E-state index contributed by atoms with van der Waals surface area (Å²) in [6.07, 6.45) is 2.40. The minimum absolute atomic E-state index is 0.0722. The normalized spacial score (nSPS) is 13.2. The number of hydrogen-bond donors (Lipinski definition) is 0. The number of carbonyl (C=O) groups is 1. The van der Waals surface area contributed by atoms with Gasteiger partial charge in [-0.3, -0.25) is 4.79 Å². The van der Waals surface area contributed by atoms with E-state index in [2.05, 4.69) is 4.98 Å². The molecule has 1 aromatic heterocycles. The van der Waals surface area contributed by atoms with Gasteiger partial charge in [-0.1, -0.05) is 0 Å². The van der Waals surface area contributed by atoms with Crippen LogP contribution in [-0.4, -0.2) is 43.2 Å². The van der Waals surface area contributed by atoms with Gasteiger partial charge in [-0.15, -0.1) is 0 Å². The summed E-state index contributed by atoms with van der Waals surface area (Å²) >= 11 is 0. The van der Waals surface area contributed by atoms with Crippen molar-refractivity contribution >= 4 is 5.91 Å². The molecule has 0 saturated heterocycles. The van der Waals surface area contributed by atoms with Crippen molar-refractivity contribution in [3.05, 3.63) is 47.2 Å². The highest BCUT2D eigenvalue weighted by atomic mass is 16.5. The van der Waals surface area contributed by atoms with Gasteiger partial charge in [-0.2, -0.15) is 0 Å². The molecule has 25 heavy (non-hydrogen) atoms. The second-order valence-corrected chi connectivity index (χ2v) is 5.74. The van der Waals surface area contributed by atoms with Crippen molar-refractivity contribution in [2.75, 3.05) is 27.4 Å². The summed E-state index contributed by atoms with van der Waals surface area (Å²) in [5.41, 5.74) is 2.74. The Balaban J connectivity index is 1.86. The van der Waals surface area contributed by atoms with Crippen molar-refractivity contribution in [3.63, 3.8) is 0 Å². The summed E-state index contributed by atoms with van der Waals surface area (Å²) in [6.45, 7) is 3.51. The Kier molecular flexibility index (Phi) is 5.07. The van der Waals surface area contributed by atoms with E-state index in [1.54, 1.807) is 32.5 Å². The maximum atomic E-state index is 12.9. The lowest BCUT2D eigenvalue weighted by atomic mass is 9.98. The van der Waals surface area contributed by atoms with Gasteiger partial charge in [-0.25, -0.2) is 4.98 Å². The van der Waals surface area contributed by atoms with Crippen LogP contribution in [0, 0.1) is 0 Å². The van der Waals surface area contributed by atoms with Crippen LogP contribution in [0.1, 0.15) is 28.4 Å². The molecular formula is C19H22N2O4. The van der Waals surface area contributed by atoms with Gasteiger partial charge in [-0.05, 0) is 48.7 Å². The first kappa shape index (κ1) is 17.1. The van der Waals surface area contributed by atoms with E-state index in [0.29, 0.717) is 42.6 Å². The number of ether oxygens (including phenoxy) is 3. The summed E-state index contributed by atoms with van der Waals surface area (Å²) < 4.78 is 16.2. The standard InChI is InChI=1S/C19H22N2O4/c1-4-25-18-15(6-5-8-20-18)19(22)21-9-7-13-10-16(23-2)17(24-3)11-14(13)12-21/h5-6,8,10-11H,4,7,9,12H2,1-3H3. The third kappa shape index (κ3) is 3.38. The quantitative estimate of drug-likeness (QED) is 0.836. The number of pyridine rings is 1. The zero-order chi connectivity index (χ0) is 17.8. The van der Waals surface area contributed by atoms with Crippen molar-refractivity contribution in [1.29, 1.82) is 0 Å². The molecular weight excluding hydrogens is 320 g/mol. The van der Waals surface area contributed by atoms with Gasteiger partial charge < -0.3 is 19.1 Å². The molecule has 0 saturated carbocycles. The average molecular weight is 342 g/mol. The Morgan fingerprint density at radius 1 is 1.20 bits per heavy atom. The third-order valence-electron chi connectivity index (χ3n) is 4.29. The second kappa shape index (κ2) is 7.42. The van der Waals surface area contributed by atoms with Crippen molar-refractivity contribution in [3.8, 4) is 17.4 Å². The van der Waals surface area contributed by atoms with Crippen LogP contribution in [0.4, 0.5) is 0 Å². The Hall–Kier alpha value is -2.76. The van der Waals surface area contributed by atoms with Gasteiger partial charge in [0.15, 0.2) is 11.5 Å². The minimum Gasteiger partial charge on any atom is -0.493 e. The van der Waals surface area contributed by atoms with E-state index in [-0.39, 0.29) is 5.91 Å². The first-order valence-corrected chi connectivity index (χ1v) is 8.28. The Labute approximate surface area is 147 Å². The predicted molar refractivity (Wildman–Crippen MR) is 93.4 cm³/mol. The van der Waals surface area contributed by atoms with Crippen LogP contribution in [0.3, 0.4) is 0 Å². The average Bonchev–Trinajstić information content (AvgIpc) is 2.66. The largest absolute Gasteiger partial charge is 0.493 e. The number of nitrogens with zero attached hydrogens (tertiary/aromatic N) is 2. The van der Waals surface area contributed by atoms with E-state index in [1.165, 1.54) is 5.56 Å². The first-order chi connectivity index (χ1) is 12.2. The molecule has 1 aliphatic heterocycles. The smallest absolute Gasteiger partial charge is 0.259 e. The SMILES string of the molecule is CCOc1ncccc1C(=O)N1CCc2cc(OC)c(OC)cc2C1. The Morgan fingerprint density at radius 3 is 2.60 bits per heavy atom. The number of fused-ring (bicyclic) bond motifs is 1. The lowest BCUT2D eigenvalue weighted by molar-refractivity contribution is 0.0729. The fraction of sp³-hybridized carbons (Fsp3) is 0.368. The van der Waals surface area contributed by atoms with Crippen molar-refractivity contribution in [2.24, 2.45) is 0 Å². The van der Waals surface area contributed by atoms with Crippen LogP contribution in [0.5, 0.6) is 17.4 Å². The van der Waals surface area contributed by atoms with E-state index >= 15 is 0 Å². The summed E-state index contributed by atoms with van der Waals surface area (Å²) in [4.78, 5) is 18.9. The number of aromatic nitrogens is 1. The molecule has 1 amide bonds. The van der Waals surface area contributed by atoms with Crippen LogP contribution >= 0.6 is 0 Å². The first-order valence-electron chi connectivity index (χ1n) is 8.28. The zero-order valence-corrected chi connectivity index (χ0v) is 14.7. The summed E-state index contributed by atoms with van der Waals surface area (Å²) in [7, 11) is 3.24. The van der Waals surface area contributed by atoms with E-state index in [0.717, 1.165) is 12.0 Å². The lowest BCUT2D eigenvalue weighted by Crippen LogP contribution is -2.36. The van der Waals surface area contributed by atoms with E-state index in [4.69, 9.17) is 14.2 Å². The second-order valence-electron chi connectivity index (χ2n) is 5.74. The topological polar surface area (TPSA) is 60.9 Å². The molecule has 6 nitrogen and oxygen atoms in total. The van der Waals surface area contributed by atoms with Crippen LogP contribution in [0.25, 0.3) is 0 Å². The highest BCUT2D eigenvalue weighted by molar-refractivity contribution is 5.96. The van der Waals surface area contributed by atoms with Gasteiger partial charge in [0.05, 0.1) is 20.8 Å². The van der Waals surface area contributed by atoms with Gasteiger partial charge in [0.25, 0.3) is 5.91 Å². The highest BCUT2D eigenvalue weighted by Crippen LogP contribution is 2.33. The monoisotopic (exact) mass is 342 g/mol. The van der Waals surface area contributed by atoms with Crippen molar-refractivity contribution < 1.29 is 19.0 Å². The fourth-order valence-electron chi connectivity index (χ4n) is 3.03. The summed E-state index contributed by atoms with van der Waals surface area (Å²) in [5.74, 6) is 1.70. The molecule has 0 fully saturated rings. The van der Waals surface area contributed by atoms with Crippen LogP contribution < -0.4 is 14.2 Å². The maximum Gasteiger partial charge on any atom is 0.259 e. The maximum absolute atomic E-state index is 12.9. The molecule has 3 rings (SSSR count). The van der Waals surface area contributed by atoms with Crippen LogP contribution in [0.15, 0.2) is 30.5 Å². The van der Waals surface area contributed by atoms with E-state index in [1.807, 2.05) is 24.0 Å². The minimum atomic E-state index is -0.0722.